The lowest BCUT2D eigenvalue weighted by atomic mass is 10.1. The number of hydrogen-bond acceptors (Lipinski definition) is 8. The van der Waals surface area contributed by atoms with Crippen LogP contribution in [0.5, 0.6) is 0 Å². The number of nitrogens with two attached hydrogens (primary N) is 1. The van der Waals surface area contributed by atoms with Crippen LogP contribution in [0, 0.1) is 0 Å². The van der Waals surface area contributed by atoms with E-state index in [0.717, 1.165) is 27.9 Å². The van der Waals surface area contributed by atoms with Crippen LogP contribution in [0.15, 0.2) is 71.6 Å². The molecule has 3 N–H and O–H groups in total. The molecule has 0 bridgehead atoms. The first-order chi connectivity index (χ1) is 17.0. The first-order valence-corrected chi connectivity index (χ1v) is 11.2. The van der Waals surface area contributed by atoms with Gasteiger partial charge in [0.2, 0.25) is 5.89 Å². The maximum Gasteiger partial charge on any atom is 0.274 e. The van der Waals surface area contributed by atoms with E-state index in [4.69, 9.17) is 10.2 Å². The molecule has 0 atom stereocenters. The van der Waals surface area contributed by atoms with Gasteiger partial charge in [-0.2, -0.15) is 0 Å². The van der Waals surface area contributed by atoms with Crippen molar-refractivity contribution < 1.29 is 9.21 Å². The molecule has 9 nitrogen and oxygen atoms in total. The van der Waals surface area contributed by atoms with Crippen molar-refractivity contribution in [3.05, 3.63) is 84.3 Å². The van der Waals surface area contributed by atoms with Gasteiger partial charge in [0, 0.05) is 22.8 Å². The normalized spacial score (nSPS) is 11.2. The molecule has 0 saturated heterocycles. The fourth-order valence-corrected chi connectivity index (χ4v) is 3.70. The van der Waals surface area contributed by atoms with Crippen molar-refractivity contribution in [3.63, 3.8) is 0 Å². The number of carbonyl (C=O) groups excluding carboxylic acids is 1. The molecule has 0 saturated carbocycles. The molecule has 1 amide bonds. The van der Waals surface area contributed by atoms with E-state index in [0.29, 0.717) is 11.4 Å². The maximum absolute atomic E-state index is 13.1. The summed E-state index contributed by atoms with van der Waals surface area (Å²) in [5.74, 6) is 0.0713. The molecule has 174 valence electrons. The monoisotopic (exact) mass is 465 g/mol. The number of nitrogen functional groups attached to an aromatic ring is 1. The second-order valence-electron chi connectivity index (χ2n) is 8.29. The largest absolute Gasteiger partial charge is 0.443 e. The minimum atomic E-state index is -0.450. The van der Waals surface area contributed by atoms with Crippen molar-refractivity contribution in [2.24, 2.45) is 0 Å². The van der Waals surface area contributed by atoms with E-state index in [-0.39, 0.29) is 29.9 Å². The zero-order valence-corrected chi connectivity index (χ0v) is 19.3. The average Bonchev–Trinajstić information content (AvgIpc) is 3.42. The summed E-state index contributed by atoms with van der Waals surface area (Å²) in [6, 6.07) is 15.2. The Hall–Kier alpha value is -4.66. The minimum absolute atomic E-state index is 0.0154. The number of carbonyl (C=O) groups is 1. The number of nitrogens with zero attached hydrogens (tertiary/aromatic N) is 5. The third kappa shape index (κ3) is 4.56. The quantitative estimate of drug-likeness (QED) is 0.377. The van der Waals surface area contributed by atoms with Crippen LogP contribution in [0.3, 0.4) is 0 Å². The molecule has 4 aromatic heterocycles. The van der Waals surface area contributed by atoms with E-state index in [1.165, 1.54) is 12.5 Å². The number of fused-ring (bicyclic) bond motifs is 1. The summed E-state index contributed by atoms with van der Waals surface area (Å²) in [7, 11) is 0. The third-order valence-corrected chi connectivity index (χ3v) is 5.50. The van der Waals surface area contributed by atoms with Crippen LogP contribution in [0.25, 0.3) is 33.7 Å². The standard InChI is InChI=1S/C26H23N7O2/c1-15(2)19-7-3-6-18(31-19)14-30-25(34)23-24(27)33-22(26-29-11-12-35-26)21(32-23)17-8-9-20-16(13-17)5-4-10-28-20/h3-13,15H,14H2,1-2H3,(H2,27,33)(H,30,34). The number of amides is 1. The van der Waals surface area contributed by atoms with Gasteiger partial charge in [0.15, 0.2) is 17.2 Å². The van der Waals surface area contributed by atoms with E-state index in [9.17, 15) is 4.79 Å². The van der Waals surface area contributed by atoms with Gasteiger partial charge in [-0.25, -0.2) is 15.0 Å². The Balaban J connectivity index is 1.52. The molecular weight excluding hydrogens is 442 g/mol. The SMILES string of the molecule is CC(C)c1cccc(CNC(=O)c2nc(-c3ccc4ncccc4c3)c(-c3ncco3)nc2N)n1. The summed E-state index contributed by atoms with van der Waals surface area (Å²) in [5.41, 5.74) is 10.2. The second kappa shape index (κ2) is 9.30. The van der Waals surface area contributed by atoms with Crippen LogP contribution in [-0.4, -0.2) is 30.8 Å². The lowest BCUT2D eigenvalue weighted by Gasteiger charge is -2.12. The number of aromatic nitrogens is 5. The molecule has 0 radical (unpaired) electrons. The summed E-state index contributed by atoms with van der Waals surface area (Å²) in [5, 5.41) is 3.77. The van der Waals surface area contributed by atoms with Crippen LogP contribution in [-0.2, 0) is 6.54 Å². The van der Waals surface area contributed by atoms with Crippen LogP contribution < -0.4 is 11.1 Å². The van der Waals surface area contributed by atoms with E-state index in [2.05, 4.69) is 44.1 Å². The first-order valence-electron chi connectivity index (χ1n) is 11.2. The van der Waals surface area contributed by atoms with Gasteiger partial charge in [-0.1, -0.05) is 32.0 Å². The Morgan fingerprint density at radius 2 is 1.89 bits per heavy atom. The highest BCUT2D eigenvalue weighted by Gasteiger charge is 2.22. The number of oxazole rings is 1. The highest BCUT2D eigenvalue weighted by Crippen LogP contribution is 2.31. The molecule has 5 aromatic rings. The van der Waals surface area contributed by atoms with Crippen LogP contribution in [0.1, 0.15) is 41.6 Å². The Bertz CT molecular complexity index is 1510. The van der Waals surface area contributed by atoms with Gasteiger partial charge in [-0.15, -0.1) is 0 Å². The number of benzene rings is 1. The highest BCUT2D eigenvalue weighted by molar-refractivity contribution is 5.98. The van der Waals surface area contributed by atoms with Gasteiger partial charge in [-0.3, -0.25) is 14.8 Å². The Labute approximate surface area is 201 Å². The molecule has 35 heavy (non-hydrogen) atoms. The van der Waals surface area contributed by atoms with Gasteiger partial charge < -0.3 is 15.5 Å². The van der Waals surface area contributed by atoms with Gasteiger partial charge in [-0.05, 0) is 36.2 Å². The Kier molecular flexibility index (Phi) is 5.88. The van der Waals surface area contributed by atoms with Gasteiger partial charge in [0.1, 0.15) is 12.0 Å². The van der Waals surface area contributed by atoms with Gasteiger partial charge in [0.25, 0.3) is 5.91 Å². The maximum atomic E-state index is 13.1. The van der Waals surface area contributed by atoms with Crippen molar-refractivity contribution >= 4 is 22.6 Å². The van der Waals surface area contributed by atoms with Crippen molar-refractivity contribution in [1.29, 1.82) is 0 Å². The Morgan fingerprint density at radius 1 is 1.00 bits per heavy atom. The van der Waals surface area contributed by atoms with Crippen molar-refractivity contribution in [3.8, 4) is 22.8 Å². The molecule has 0 aliphatic heterocycles. The van der Waals surface area contributed by atoms with Crippen molar-refractivity contribution in [2.45, 2.75) is 26.3 Å². The molecule has 0 unspecified atom stereocenters. The van der Waals surface area contributed by atoms with E-state index in [1.54, 1.807) is 6.20 Å². The van der Waals surface area contributed by atoms with Crippen LogP contribution >= 0.6 is 0 Å². The lowest BCUT2D eigenvalue weighted by Crippen LogP contribution is -2.26. The number of rotatable bonds is 6. The number of anilines is 1. The smallest absolute Gasteiger partial charge is 0.274 e. The fourth-order valence-electron chi connectivity index (χ4n) is 3.70. The molecule has 0 aliphatic carbocycles. The van der Waals surface area contributed by atoms with E-state index < -0.39 is 5.91 Å². The molecule has 0 spiro atoms. The van der Waals surface area contributed by atoms with Crippen molar-refractivity contribution in [1.82, 2.24) is 30.2 Å². The summed E-state index contributed by atoms with van der Waals surface area (Å²) < 4.78 is 5.47. The fraction of sp³-hybridized carbons (Fsp3) is 0.154. The van der Waals surface area contributed by atoms with Gasteiger partial charge in [0.05, 0.1) is 24.0 Å². The molecule has 5 rings (SSSR count). The first kappa shape index (κ1) is 22.1. The minimum Gasteiger partial charge on any atom is -0.443 e. The molecule has 9 heteroatoms. The van der Waals surface area contributed by atoms with Crippen LogP contribution in [0.4, 0.5) is 5.82 Å². The number of pyridine rings is 2. The predicted molar refractivity (Wildman–Crippen MR) is 132 cm³/mol. The number of nitrogens with one attached hydrogen (secondary N) is 1. The van der Waals surface area contributed by atoms with E-state index >= 15 is 0 Å². The average molecular weight is 466 g/mol. The summed E-state index contributed by atoms with van der Waals surface area (Å²) >= 11 is 0. The third-order valence-electron chi connectivity index (χ3n) is 5.50. The zero-order valence-electron chi connectivity index (χ0n) is 19.3. The number of hydrogen-bond donors (Lipinski definition) is 2. The lowest BCUT2D eigenvalue weighted by molar-refractivity contribution is 0.0946. The summed E-state index contributed by atoms with van der Waals surface area (Å²) in [6.45, 7) is 4.38. The predicted octanol–water partition coefficient (Wildman–Crippen LogP) is 4.38. The zero-order chi connectivity index (χ0) is 24.4. The topological polar surface area (TPSA) is 133 Å². The van der Waals surface area contributed by atoms with E-state index in [1.807, 2.05) is 48.5 Å². The molecule has 0 aliphatic rings. The van der Waals surface area contributed by atoms with Crippen molar-refractivity contribution in [2.75, 3.05) is 5.73 Å². The molecule has 1 aromatic carbocycles. The van der Waals surface area contributed by atoms with Gasteiger partial charge >= 0.3 is 0 Å². The summed E-state index contributed by atoms with van der Waals surface area (Å²) in [4.78, 5) is 35.3. The molecular formula is C26H23N7O2. The second-order valence-corrected chi connectivity index (χ2v) is 8.29. The Morgan fingerprint density at radius 3 is 2.69 bits per heavy atom. The molecule has 4 heterocycles. The molecule has 0 fully saturated rings. The highest BCUT2D eigenvalue weighted by atomic mass is 16.3. The summed E-state index contributed by atoms with van der Waals surface area (Å²) in [6.07, 6.45) is 4.69. The van der Waals surface area contributed by atoms with Crippen LogP contribution in [0.2, 0.25) is 0 Å².